The standard InChI is InChI=1S/C15H20N2O2/c1-11(2)16-15(19)6-8-17-7-5-13-9-12(10-18)3-4-14(13)17/h3-5,7,9,11,18H,6,8,10H2,1-2H3,(H,16,19). The molecule has 0 atom stereocenters. The number of benzene rings is 1. The van der Waals surface area contributed by atoms with E-state index in [0.29, 0.717) is 13.0 Å². The first kappa shape index (κ1) is 13.6. The molecule has 0 aliphatic carbocycles. The minimum absolute atomic E-state index is 0.0535. The SMILES string of the molecule is CC(C)NC(=O)CCn1ccc2cc(CO)ccc21. The van der Waals surface area contributed by atoms with Crippen LogP contribution in [0.1, 0.15) is 25.8 Å². The summed E-state index contributed by atoms with van der Waals surface area (Å²) in [5, 5.41) is 13.1. The molecule has 1 amide bonds. The Kier molecular flexibility index (Phi) is 4.22. The van der Waals surface area contributed by atoms with Crippen LogP contribution >= 0.6 is 0 Å². The van der Waals surface area contributed by atoms with Crippen molar-refractivity contribution in [3.8, 4) is 0 Å². The number of aliphatic hydroxyl groups is 1. The number of nitrogens with one attached hydrogen (secondary N) is 1. The molecular formula is C15H20N2O2. The highest BCUT2D eigenvalue weighted by molar-refractivity contribution is 5.81. The van der Waals surface area contributed by atoms with E-state index in [1.807, 2.05) is 44.3 Å². The molecule has 0 fully saturated rings. The van der Waals surface area contributed by atoms with Gasteiger partial charge in [-0.3, -0.25) is 4.79 Å². The van der Waals surface area contributed by atoms with Crippen LogP contribution < -0.4 is 5.32 Å². The minimum Gasteiger partial charge on any atom is -0.392 e. The maximum Gasteiger partial charge on any atom is 0.221 e. The lowest BCUT2D eigenvalue weighted by atomic mass is 10.2. The van der Waals surface area contributed by atoms with Crippen LogP contribution in [0.25, 0.3) is 10.9 Å². The third-order valence-corrected chi connectivity index (χ3v) is 3.05. The summed E-state index contributed by atoms with van der Waals surface area (Å²) in [6.07, 6.45) is 2.46. The summed E-state index contributed by atoms with van der Waals surface area (Å²) >= 11 is 0. The Hall–Kier alpha value is -1.81. The van der Waals surface area contributed by atoms with E-state index in [9.17, 15) is 4.79 Å². The zero-order valence-corrected chi connectivity index (χ0v) is 11.4. The lowest BCUT2D eigenvalue weighted by molar-refractivity contribution is -0.121. The normalized spacial score (nSPS) is 11.2. The third-order valence-electron chi connectivity index (χ3n) is 3.05. The monoisotopic (exact) mass is 260 g/mol. The summed E-state index contributed by atoms with van der Waals surface area (Å²) < 4.78 is 2.07. The predicted octanol–water partition coefficient (Wildman–Crippen LogP) is 2.05. The van der Waals surface area contributed by atoms with Gasteiger partial charge in [-0.1, -0.05) is 6.07 Å². The van der Waals surface area contributed by atoms with E-state index in [1.54, 1.807) is 0 Å². The molecule has 1 aromatic heterocycles. The highest BCUT2D eigenvalue weighted by atomic mass is 16.3. The predicted molar refractivity (Wildman–Crippen MR) is 75.8 cm³/mol. The van der Waals surface area contributed by atoms with Crippen molar-refractivity contribution in [3.63, 3.8) is 0 Å². The van der Waals surface area contributed by atoms with Crippen LogP contribution in [0, 0.1) is 0 Å². The van der Waals surface area contributed by atoms with Gasteiger partial charge in [0, 0.05) is 30.7 Å². The number of hydrogen-bond acceptors (Lipinski definition) is 2. The zero-order chi connectivity index (χ0) is 13.8. The highest BCUT2D eigenvalue weighted by Crippen LogP contribution is 2.18. The molecule has 19 heavy (non-hydrogen) atoms. The average molecular weight is 260 g/mol. The number of aryl methyl sites for hydroxylation is 1. The first-order valence-electron chi connectivity index (χ1n) is 6.58. The Morgan fingerprint density at radius 1 is 1.37 bits per heavy atom. The topological polar surface area (TPSA) is 54.3 Å². The van der Waals surface area contributed by atoms with E-state index in [0.717, 1.165) is 16.5 Å². The van der Waals surface area contributed by atoms with E-state index in [-0.39, 0.29) is 18.6 Å². The molecule has 1 heterocycles. The van der Waals surface area contributed by atoms with Crippen molar-refractivity contribution in [2.75, 3.05) is 0 Å². The Bertz CT molecular complexity index is 573. The summed E-state index contributed by atoms with van der Waals surface area (Å²) in [6.45, 7) is 4.64. The molecule has 0 saturated heterocycles. The van der Waals surface area contributed by atoms with Crippen LogP contribution in [-0.4, -0.2) is 21.6 Å². The van der Waals surface area contributed by atoms with Gasteiger partial charge in [0.2, 0.25) is 5.91 Å². The van der Waals surface area contributed by atoms with Gasteiger partial charge in [-0.2, -0.15) is 0 Å². The molecule has 0 radical (unpaired) electrons. The number of rotatable bonds is 5. The number of aromatic nitrogens is 1. The lowest BCUT2D eigenvalue weighted by Gasteiger charge is -2.09. The van der Waals surface area contributed by atoms with Gasteiger partial charge in [0.25, 0.3) is 0 Å². The van der Waals surface area contributed by atoms with E-state index < -0.39 is 0 Å². The molecule has 0 saturated carbocycles. The summed E-state index contributed by atoms with van der Waals surface area (Å²) in [4.78, 5) is 11.6. The van der Waals surface area contributed by atoms with Gasteiger partial charge in [-0.25, -0.2) is 0 Å². The number of hydrogen-bond donors (Lipinski definition) is 2. The van der Waals surface area contributed by atoms with E-state index in [2.05, 4.69) is 9.88 Å². The Morgan fingerprint density at radius 2 is 2.16 bits per heavy atom. The highest BCUT2D eigenvalue weighted by Gasteiger charge is 2.06. The van der Waals surface area contributed by atoms with Gasteiger partial charge < -0.3 is 15.0 Å². The fourth-order valence-electron chi connectivity index (χ4n) is 2.16. The smallest absolute Gasteiger partial charge is 0.221 e. The van der Waals surface area contributed by atoms with Gasteiger partial charge >= 0.3 is 0 Å². The first-order chi connectivity index (χ1) is 9.10. The molecule has 4 nitrogen and oxygen atoms in total. The Labute approximate surface area is 113 Å². The molecule has 2 N–H and O–H groups in total. The van der Waals surface area contributed by atoms with Gasteiger partial charge in [-0.05, 0) is 43.0 Å². The van der Waals surface area contributed by atoms with E-state index >= 15 is 0 Å². The van der Waals surface area contributed by atoms with Gasteiger partial charge in [-0.15, -0.1) is 0 Å². The van der Waals surface area contributed by atoms with Crippen molar-refractivity contribution in [1.82, 2.24) is 9.88 Å². The first-order valence-corrected chi connectivity index (χ1v) is 6.58. The van der Waals surface area contributed by atoms with Crippen LogP contribution in [-0.2, 0) is 17.9 Å². The maximum atomic E-state index is 11.6. The molecule has 0 bridgehead atoms. The van der Waals surface area contributed by atoms with Crippen molar-refractivity contribution in [3.05, 3.63) is 36.0 Å². The molecular weight excluding hydrogens is 240 g/mol. The van der Waals surface area contributed by atoms with Crippen LogP contribution in [0.3, 0.4) is 0 Å². The van der Waals surface area contributed by atoms with Crippen molar-refractivity contribution in [2.45, 2.75) is 39.5 Å². The minimum atomic E-state index is 0.0535. The quantitative estimate of drug-likeness (QED) is 0.864. The van der Waals surface area contributed by atoms with Crippen molar-refractivity contribution in [2.24, 2.45) is 0 Å². The number of amides is 1. The Morgan fingerprint density at radius 3 is 2.84 bits per heavy atom. The number of nitrogens with zero attached hydrogens (tertiary/aromatic N) is 1. The maximum absolute atomic E-state index is 11.6. The Balaban J connectivity index is 2.07. The fraction of sp³-hybridized carbons (Fsp3) is 0.400. The molecule has 2 aromatic rings. The van der Waals surface area contributed by atoms with Crippen LogP contribution in [0.5, 0.6) is 0 Å². The summed E-state index contributed by atoms with van der Waals surface area (Å²) in [5.41, 5.74) is 2.00. The molecule has 0 aliphatic heterocycles. The number of fused-ring (bicyclic) bond motifs is 1. The molecule has 0 aliphatic rings. The molecule has 102 valence electrons. The second-order valence-electron chi connectivity index (χ2n) is 5.03. The van der Waals surface area contributed by atoms with Crippen LogP contribution in [0.2, 0.25) is 0 Å². The van der Waals surface area contributed by atoms with E-state index in [4.69, 9.17) is 5.11 Å². The number of carbonyl (C=O) groups excluding carboxylic acids is 1. The summed E-state index contributed by atoms with van der Waals surface area (Å²) in [6, 6.07) is 8.06. The van der Waals surface area contributed by atoms with Crippen molar-refractivity contribution >= 4 is 16.8 Å². The molecule has 1 aromatic carbocycles. The largest absolute Gasteiger partial charge is 0.392 e. The molecule has 4 heteroatoms. The average Bonchev–Trinajstić information content (AvgIpc) is 2.77. The van der Waals surface area contributed by atoms with Gasteiger partial charge in [0.1, 0.15) is 0 Å². The second-order valence-corrected chi connectivity index (χ2v) is 5.03. The zero-order valence-electron chi connectivity index (χ0n) is 11.4. The molecule has 2 rings (SSSR count). The van der Waals surface area contributed by atoms with E-state index in [1.165, 1.54) is 0 Å². The van der Waals surface area contributed by atoms with Crippen LogP contribution in [0.15, 0.2) is 30.5 Å². The summed E-state index contributed by atoms with van der Waals surface area (Å²) in [7, 11) is 0. The third kappa shape index (κ3) is 3.35. The molecule has 0 spiro atoms. The lowest BCUT2D eigenvalue weighted by Crippen LogP contribution is -2.30. The molecule has 0 unspecified atom stereocenters. The number of aliphatic hydroxyl groups excluding tert-OH is 1. The van der Waals surface area contributed by atoms with Crippen LogP contribution in [0.4, 0.5) is 0 Å². The van der Waals surface area contributed by atoms with Gasteiger partial charge in [0.15, 0.2) is 0 Å². The number of carbonyl (C=O) groups is 1. The summed E-state index contributed by atoms with van der Waals surface area (Å²) in [5.74, 6) is 0.0730. The van der Waals surface area contributed by atoms with Crippen molar-refractivity contribution < 1.29 is 9.90 Å². The van der Waals surface area contributed by atoms with Crippen molar-refractivity contribution in [1.29, 1.82) is 0 Å². The second kappa shape index (κ2) is 5.89. The fourth-order valence-corrected chi connectivity index (χ4v) is 2.16. The van der Waals surface area contributed by atoms with Gasteiger partial charge in [0.05, 0.1) is 6.61 Å².